The monoisotopic (exact) mass is 439 g/mol. The van der Waals surface area contributed by atoms with Gasteiger partial charge >= 0.3 is 0 Å². The SMILES string of the molecule is COc1ccc(NC(=O)c2cc(S(=O)(=O)N3CCc4ccccc43)ccc2OC)cn1. The van der Waals surface area contributed by atoms with Crippen molar-refractivity contribution in [3.8, 4) is 11.6 Å². The van der Waals surface area contributed by atoms with E-state index in [2.05, 4.69) is 10.3 Å². The van der Waals surface area contributed by atoms with E-state index in [4.69, 9.17) is 9.47 Å². The predicted octanol–water partition coefficient (Wildman–Crippen LogP) is 3.10. The summed E-state index contributed by atoms with van der Waals surface area (Å²) in [7, 11) is -0.927. The van der Waals surface area contributed by atoms with E-state index in [0.717, 1.165) is 5.56 Å². The van der Waals surface area contributed by atoms with Gasteiger partial charge in [0.15, 0.2) is 0 Å². The normalized spacial score (nSPS) is 12.9. The van der Waals surface area contributed by atoms with E-state index >= 15 is 0 Å². The number of pyridine rings is 1. The number of rotatable bonds is 6. The van der Waals surface area contributed by atoms with Crippen LogP contribution in [0.4, 0.5) is 11.4 Å². The first-order valence-electron chi connectivity index (χ1n) is 9.54. The number of hydrogen-bond acceptors (Lipinski definition) is 6. The Morgan fingerprint density at radius 3 is 2.58 bits per heavy atom. The zero-order chi connectivity index (χ0) is 22.0. The number of para-hydroxylation sites is 1. The molecule has 0 atom stereocenters. The second kappa shape index (κ2) is 8.27. The van der Waals surface area contributed by atoms with Gasteiger partial charge in [0.1, 0.15) is 5.75 Å². The molecule has 2 aromatic carbocycles. The van der Waals surface area contributed by atoms with Gasteiger partial charge in [0.2, 0.25) is 5.88 Å². The molecule has 2 heterocycles. The number of anilines is 2. The van der Waals surface area contributed by atoms with Crippen molar-refractivity contribution >= 4 is 27.3 Å². The van der Waals surface area contributed by atoms with Gasteiger partial charge in [-0.3, -0.25) is 9.10 Å². The summed E-state index contributed by atoms with van der Waals surface area (Å²) in [6.45, 7) is 0.354. The maximum atomic E-state index is 13.3. The Labute approximate surface area is 180 Å². The molecule has 1 aliphatic rings. The molecule has 0 unspecified atom stereocenters. The van der Waals surface area contributed by atoms with Crippen molar-refractivity contribution in [1.29, 1.82) is 0 Å². The van der Waals surface area contributed by atoms with Gasteiger partial charge in [0.05, 0.1) is 42.3 Å². The van der Waals surface area contributed by atoms with Gasteiger partial charge < -0.3 is 14.8 Å². The largest absolute Gasteiger partial charge is 0.496 e. The van der Waals surface area contributed by atoms with Crippen molar-refractivity contribution in [3.63, 3.8) is 0 Å². The summed E-state index contributed by atoms with van der Waals surface area (Å²) in [5.74, 6) is 0.164. The second-order valence-corrected chi connectivity index (χ2v) is 8.72. The minimum absolute atomic E-state index is 0.0167. The number of ether oxygens (including phenoxy) is 2. The van der Waals surface area contributed by atoms with Crippen molar-refractivity contribution in [2.24, 2.45) is 0 Å². The van der Waals surface area contributed by atoms with Crippen LogP contribution in [0.15, 0.2) is 65.7 Å². The van der Waals surface area contributed by atoms with Crippen molar-refractivity contribution in [2.75, 3.05) is 30.4 Å². The van der Waals surface area contributed by atoms with Gasteiger partial charge in [-0.05, 0) is 42.3 Å². The van der Waals surface area contributed by atoms with E-state index < -0.39 is 15.9 Å². The van der Waals surface area contributed by atoms with Crippen molar-refractivity contribution in [3.05, 3.63) is 71.9 Å². The molecule has 9 heteroatoms. The molecular formula is C22H21N3O5S. The number of amides is 1. The lowest BCUT2D eigenvalue weighted by atomic mass is 10.2. The molecular weight excluding hydrogens is 418 g/mol. The predicted molar refractivity (Wildman–Crippen MR) is 116 cm³/mol. The van der Waals surface area contributed by atoms with Gasteiger partial charge in [-0.1, -0.05) is 18.2 Å². The minimum Gasteiger partial charge on any atom is -0.496 e. The number of aromatic nitrogens is 1. The number of carbonyl (C=O) groups excluding carboxylic acids is 1. The summed E-state index contributed by atoms with van der Waals surface area (Å²) in [5, 5.41) is 2.70. The molecule has 0 fully saturated rings. The van der Waals surface area contributed by atoms with Crippen LogP contribution in [0.5, 0.6) is 11.6 Å². The first-order chi connectivity index (χ1) is 14.9. The third-order valence-electron chi connectivity index (χ3n) is 5.05. The fourth-order valence-electron chi connectivity index (χ4n) is 3.48. The zero-order valence-corrected chi connectivity index (χ0v) is 17.8. The lowest BCUT2D eigenvalue weighted by molar-refractivity contribution is 0.102. The maximum absolute atomic E-state index is 13.3. The van der Waals surface area contributed by atoms with Crippen molar-refractivity contribution in [1.82, 2.24) is 4.98 Å². The van der Waals surface area contributed by atoms with Gasteiger partial charge in [-0.25, -0.2) is 13.4 Å². The smallest absolute Gasteiger partial charge is 0.264 e. The Bertz CT molecular complexity index is 1230. The summed E-state index contributed by atoms with van der Waals surface area (Å²) in [6.07, 6.45) is 2.09. The molecule has 0 saturated heterocycles. The van der Waals surface area contributed by atoms with E-state index in [0.29, 0.717) is 30.2 Å². The number of nitrogens with zero attached hydrogens (tertiary/aromatic N) is 2. The average molecular weight is 439 g/mol. The first-order valence-corrected chi connectivity index (χ1v) is 11.0. The highest BCUT2D eigenvalue weighted by atomic mass is 32.2. The van der Waals surface area contributed by atoms with Gasteiger partial charge in [0, 0.05) is 12.6 Å². The Hall–Kier alpha value is -3.59. The number of sulfonamides is 1. The van der Waals surface area contributed by atoms with Crippen LogP contribution in [0.2, 0.25) is 0 Å². The highest BCUT2D eigenvalue weighted by molar-refractivity contribution is 7.92. The Kier molecular flexibility index (Phi) is 5.51. The third-order valence-corrected chi connectivity index (χ3v) is 6.86. The molecule has 3 aromatic rings. The van der Waals surface area contributed by atoms with Crippen LogP contribution in [-0.2, 0) is 16.4 Å². The number of hydrogen-bond donors (Lipinski definition) is 1. The summed E-state index contributed by atoms with van der Waals surface area (Å²) >= 11 is 0. The van der Waals surface area contributed by atoms with Gasteiger partial charge in [-0.15, -0.1) is 0 Å². The van der Waals surface area contributed by atoms with E-state index in [1.807, 2.05) is 18.2 Å². The lowest BCUT2D eigenvalue weighted by Gasteiger charge is -2.20. The summed E-state index contributed by atoms with van der Waals surface area (Å²) in [4.78, 5) is 17.0. The molecule has 0 saturated carbocycles. The molecule has 0 bridgehead atoms. The Morgan fingerprint density at radius 1 is 1.06 bits per heavy atom. The molecule has 160 valence electrons. The summed E-state index contributed by atoms with van der Waals surface area (Å²) in [5.41, 5.74) is 2.18. The molecule has 4 rings (SSSR count). The van der Waals surface area contributed by atoms with Crippen LogP contribution in [0, 0.1) is 0 Å². The zero-order valence-electron chi connectivity index (χ0n) is 17.0. The molecule has 1 N–H and O–H groups in total. The second-order valence-electron chi connectivity index (χ2n) is 6.86. The number of nitrogens with one attached hydrogen (secondary N) is 1. The molecule has 8 nitrogen and oxygen atoms in total. The van der Waals surface area contributed by atoms with Crippen LogP contribution >= 0.6 is 0 Å². The third kappa shape index (κ3) is 3.91. The number of benzene rings is 2. The van der Waals surface area contributed by atoms with Crippen molar-refractivity contribution < 1.29 is 22.7 Å². The molecule has 0 aliphatic carbocycles. The quantitative estimate of drug-likeness (QED) is 0.634. The van der Waals surface area contributed by atoms with E-state index in [1.54, 1.807) is 18.2 Å². The minimum atomic E-state index is -3.85. The fraction of sp³-hybridized carbons (Fsp3) is 0.182. The van der Waals surface area contributed by atoms with E-state index in [1.165, 1.54) is 42.9 Å². The number of fused-ring (bicyclic) bond motifs is 1. The standard InChI is InChI=1S/C22H21N3O5S/c1-29-20-9-8-17(31(27,28)25-12-11-15-5-3-4-6-19(15)25)13-18(20)22(26)24-16-7-10-21(30-2)23-14-16/h3-10,13-14H,11-12H2,1-2H3,(H,24,26). The fourth-order valence-corrected chi connectivity index (χ4v) is 5.01. The highest BCUT2D eigenvalue weighted by Crippen LogP contribution is 2.34. The molecule has 1 aliphatic heterocycles. The lowest BCUT2D eigenvalue weighted by Crippen LogP contribution is -2.29. The van der Waals surface area contributed by atoms with Crippen LogP contribution in [0.1, 0.15) is 15.9 Å². The highest BCUT2D eigenvalue weighted by Gasteiger charge is 2.31. The maximum Gasteiger partial charge on any atom is 0.264 e. The molecule has 1 amide bonds. The van der Waals surface area contributed by atoms with Crippen LogP contribution < -0.4 is 19.1 Å². The summed E-state index contributed by atoms with van der Waals surface area (Å²) in [6, 6.07) is 14.9. The van der Waals surface area contributed by atoms with Crippen LogP contribution in [-0.4, -0.2) is 40.1 Å². The van der Waals surface area contributed by atoms with Crippen LogP contribution in [0.3, 0.4) is 0 Å². The van der Waals surface area contributed by atoms with Crippen molar-refractivity contribution in [2.45, 2.75) is 11.3 Å². The number of carbonyl (C=O) groups is 1. The van der Waals surface area contributed by atoms with E-state index in [-0.39, 0.29) is 16.2 Å². The molecule has 0 radical (unpaired) electrons. The number of methoxy groups -OCH3 is 2. The topological polar surface area (TPSA) is 97.8 Å². The van der Waals surface area contributed by atoms with Gasteiger partial charge in [-0.2, -0.15) is 0 Å². The van der Waals surface area contributed by atoms with Crippen LogP contribution in [0.25, 0.3) is 0 Å². The Balaban J connectivity index is 1.66. The Morgan fingerprint density at radius 2 is 1.87 bits per heavy atom. The first kappa shape index (κ1) is 20.7. The van der Waals surface area contributed by atoms with Gasteiger partial charge in [0.25, 0.3) is 15.9 Å². The molecule has 31 heavy (non-hydrogen) atoms. The molecule has 1 aromatic heterocycles. The van der Waals surface area contributed by atoms with E-state index in [9.17, 15) is 13.2 Å². The summed E-state index contributed by atoms with van der Waals surface area (Å²) < 4.78 is 38.3. The molecule has 0 spiro atoms. The average Bonchev–Trinajstić information content (AvgIpc) is 3.24.